The highest BCUT2D eigenvalue weighted by molar-refractivity contribution is 5.93. The van der Waals surface area contributed by atoms with Crippen LogP contribution in [-0.2, 0) is 0 Å². The van der Waals surface area contributed by atoms with Crippen molar-refractivity contribution in [3.63, 3.8) is 0 Å². The van der Waals surface area contributed by atoms with Gasteiger partial charge in [0.25, 0.3) is 5.91 Å². The molecule has 0 saturated carbocycles. The van der Waals surface area contributed by atoms with Gasteiger partial charge in [0.15, 0.2) is 11.5 Å². The number of hydrogen-bond donors (Lipinski definition) is 0. The van der Waals surface area contributed by atoms with Crippen molar-refractivity contribution in [3.05, 3.63) is 30.2 Å². The van der Waals surface area contributed by atoms with Crippen molar-refractivity contribution < 1.29 is 13.7 Å². The first kappa shape index (κ1) is 13.0. The molecule has 5 heteroatoms. The third-order valence-corrected chi connectivity index (χ3v) is 3.64. The number of hydrogen-bond acceptors (Lipinski definition) is 4. The van der Waals surface area contributed by atoms with Gasteiger partial charge in [-0.2, -0.15) is 0 Å². The summed E-state index contributed by atoms with van der Waals surface area (Å²) in [4.78, 5) is 14.3. The molecule has 3 rings (SSSR count). The molecule has 20 heavy (non-hydrogen) atoms. The molecule has 1 aliphatic rings. The SMILES string of the molecule is O=C(c1cc(-c2ccco2)on1)N1CCCCCCC1. The van der Waals surface area contributed by atoms with Crippen LogP contribution in [-0.4, -0.2) is 29.1 Å². The standard InChI is InChI=1S/C15H18N2O3/c18-15(17-8-4-2-1-3-5-9-17)12-11-14(20-16-12)13-7-6-10-19-13/h6-7,10-11H,1-5,8-9H2. The topological polar surface area (TPSA) is 59.5 Å². The van der Waals surface area contributed by atoms with Gasteiger partial charge in [-0.05, 0) is 25.0 Å². The molecule has 1 saturated heterocycles. The Bertz CT molecular complexity index is 551. The molecule has 106 valence electrons. The van der Waals surface area contributed by atoms with E-state index in [0.29, 0.717) is 17.2 Å². The van der Waals surface area contributed by atoms with E-state index < -0.39 is 0 Å². The molecule has 0 atom stereocenters. The zero-order valence-electron chi connectivity index (χ0n) is 11.4. The zero-order valence-corrected chi connectivity index (χ0v) is 11.4. The quantitative estimate of drug-likeness (QED) is 0.842. The highest BCUT2D eigenvalue weighted by Gasteiger charge is 2.21. The summed E-state index contributed by atoms with van der Waals surface area (Å²) in [6.45, 7) is 1.61. The van der Waals surface area contributed by atoms with Crippen LogP contribution in [0.2, 0.25) is 0 Å². The Labute approximate surface area is 117 Å². The van der Waals surface area contributed by atoms with Crippen LogP contribution in [0.25, 0.3) is 11.5 Å². The van der Waals surface area contributed by atoms with E-state index in [9.17, 15) is 4.79 Å². The number of carbonyl (C=O) groups is 1. The van der Waals surface area contributed by atoms with Crippen LogP contribution >= 0.6 is 0 Å². The molecule has 0 aliphatic carbocycles. The zero-order chi connectivity index (χ0) is 13.8. The second-order valence-corrected chi connectivity index (χ2v) is 5.11. The van der Waals surface area contributed by atoms with Crippen LogP contribution in [0.1, 0.15) is 42.6 Å². The number of aromatic nitrogens is 1. The Morgan fingerprint density at radius 1 is 1.10 bits per heavy atom. The summed E-state index contributed by atoms with van der Waals surface area (Å²) in [7, 11) is 0. The van der Waals surface area contributed by atoms with Crippen LogP contribution in [0, 0.1) is 0 Å². The molecular formula is C15H18N2O3. The van der Waals surface area contributed by atoms with Gasteiger partial charge in [-0.25, -0.2) is 0 Å². The van der Waals surface area contributed by atoms with Crippen molar-refractivity contribution >= 4 is 5.91 Å². The lowest BCUT2D eigenvalue weighted by Gasteiger charge is -2.23. The van der Waals surface area contributed by atoms with E-state index in [2.05, 4.69) is 5.16 Å². The van der Waals surface area contributed by atoms with Gasteiger partial charge in [-0.1, -0.05) is 24.4 Å². The van der Waals surface area contributed by atoms with Crippen molar-refractivity contribution in [2.45, 2.75) is 32.1 Å². The Kier molecular flexibility index (Phi) is 3.85. The van der Waals surface area contributed by atoms with Gasteiger partial charge < -0.3 is 13.8 Å². The minimum absolute atomic E-state index is 0.0477. The van der Waals surface area contributed by atoms with Crippen molar-refractivity contribution in [1.29, 1.82) is 0 Å². The largest absolute Gasteiger partial charge is 0.461 e. The smallest absolute Gasteiger partial charge is 0.276 e. The average Bonchev–Trinajstić information content (AvgIpc) is 3.09. The minimum atomic E-state index is -0.0477. The van der Waals surface area contributed by atoms with E-state index in [1.807, 2.05) is 4.90 Å². The van der Waals surface area contributed by atoms with Crippen molar-refractivity contribution in [2.75, 3.05) is 13.1 Å². The Morgan fingerprint density at radius 3 is 2.55 bits per heavy atom. The molecule has 0 radical (unpaired) electrons. The molecule has 0 unspecified atom stereocenters. The van der Waals surface area contributed by atoms with Crippen LogP contribution in [0.4, 0.5) is 0 Å². The average molecular weight is 274 g/mol. The van der Waals surface area contributed by atoms with Crippen LogP contribution in [0.3, 0.4) is 0 Å². The molecule has 0 aromatic carbocycles. The third kappa shape index (κ3) is 2.76. The predicted octanol–water partition coefficient (Wildman–Crippen LogP) is 3.34. The predicted molar refractivity (Wildman–Crippen MR) is 73.2 cm³/mol. The summed E-state index contributed by atoms with van der Waals surface area (Å²) in [6.07, 6.45) is 7.36. The second-order valence-electron chi connectivity index (χ2n) is 5.11. The minimum Gasteiger partial charge on any atom is -0.461 e. The normalized spacial score (nSPS) is 16.7. The molecular weight excluding hydrogens is 256 g/mol. The number of rotatable bonds is 2. The van der Waals surface area contributed by atoms with Crippen LogP contribution in [0.15, 0.2) is 33.4 Å². The fraction of sp³-hybridized carbons (Fsp3) is 0.467. The number of nitrogens with zero attached hydrogens (tertiary/aromatic N) is 2. The van der Waals surface area contributed by atoms with E-state index in [1.165, 1.54) is 19.3 Å². The van der Waals surface area contributed by atoms with Gasteiger partial charge in [0.05, 0.1) is 6.26 Å². The lowest BCUT2D eigenvalue weighted by atomic mass is 10.1. The lowest BCUT2D eigenvalue weighted by molar-refractivity contribution is 0.0732. The van der Waals surface area contributed by atoms with Gasteiger partial charge in [0.1, 0.15) is 0 Å². The molecule has 2 aromatic rings. The number of furan rings is 1. The Balaban J connectivity index is 1.73. The molecule has 0 bridgehead atoms. The first-order valence-corrected chi connectivity index (χ1v) is 7.14. The monoisotopic (exact) mass is 274 g/mol. The number of carbonyl (C=O) groups excluding carboxylic acids is 1. The third-order valence-electron chi connectivity index (χ3n) is 3.64. The maximum atomic E-state index is 12.4. The van der Waals surface area contributed by atoms with Crippen LogP contribution in [0.5, 0.6) is 0 Å². The van der Waals surface area contributed by atoms with E-state index in [4.69, 9.17) is 8.94 Å². The molecule has 1 fully saturated rings. The molecule has 1 aliphatic heterocycles. The van der Waals surface area contributed by atoms with Crippen LogP contribution < -0.4 is 0 Å². The molecule has 3 heterocycles. The van der Waals surface area contributed by atoms with Gasteiger partial charge in [0, 0.05) is 19.2 Å². The van der Waals surface area contributed by atoms with E-state index in [-0.39, 0.29) is 5.91 Å². The fourth-order valence-corrected chi connectivity index (χ4v) is 2.52. The number of amides is 1. The molecule has 2 aromatic heterocycles. The first-order valence-electron chi connectivity index (χ1n) is 7.14. The summed E-state index contributed by atoms with van der Waals surface area (Å²) < 4.78 is 10.4. The van der Waals surface area contributed by atoms with Gasteiger partial charge in [-0.15, -0.1) is 0 Å². The lowest BCUT2D eigenvalue weighted by Crippen LogP contribution is -2.33. The maximum absolute atomic E-state index is 12.4. The summed E-state index contributed by atoms with van der Waals surface area (Å²) in [5.41, 5.74) is 0.358. The van der Waals surface area contributed by atoms with E-state index in [0.717, 1.165) is 25.9 Å². The maximum Gasteiger partial charge on any atom is 0.276 e. The molecule has 0 N–H and O–H groups in total. The summed E-state index contributed by atoms with van der Waals surface area (Å²) in [5.74, 6) is 1.03. The summed E-state index contributed by atoms with van der Waals surface area (Å²) in [5, 5.41) is 3.88. The molecule has 1 amide bonds. The van der Waals surface area contributed by atoms with Crippen molar-refractivity contribution in [3.8, 4) is 11.5 Å². The molecule has 0 spiro atoms. The number of likely N-dealkylation sites (tertiary alicyclic amines) is 1. The van der Waals surface area contributed by atoms with Gasteiger partial charge in [-0.3, -0.25) is 4.79 Å². The van der Waals surface area contributed by atoms with Crippen molar-refractivity contribution in [2.24, 2.45) is 0 Å². The Morgan fingerprint density at radius 2 is 1.85 bits per heavy atom. The van der Waals surface area contributed by atoms with E-state index >= 15 is 0 Å². The van der Waals surface area contributed by atoms with Gasteiger partial charge in [0.2, 0.25) is 5.76 Å². The van der Waals surface area contributed by atoms with Gasteiger partial charge >= 0.3 is 0 Å². The highest BCUT2D eigenvalue weighted by Crippen LogP contribution is 2.21. The highest BCUT2D eigenvalue weighted by atomic mass is 16.5. The summed E-state index contributed by atoms with van der Waals surface area (Å²) >= 11 is 0. The van der Waals surface area contributed by atoms with E-state index in [1.54, 1.807) is 24.5 Å². The molecule has 5 nitrogen and oxygen atoms in total. The first-order chi connectivity index (χ1) is 9.84. The Hall–Kier alpha value is -2.04. The summed E-state index contributed by atoms with van der Waals surface area (Å²) in [6, 6.07) is 5.21. The fourth-order valence-electron chi connectivity index (χ4n) is 2.52. The van der Waals surface area contributed by atoms with Crippen molar-refractivity contribution in [1.82, 2.24) is 10.1 Å². The second kappa shape index (κ2) is 5.94.